The number of ether oxygens (including phenoxy) is 3. The molecular formula is C16H20N2O4. The minimum atomic E-state index is 0.668. The van der Waals surface area contributed by atoms with Crippen molar-refractivity contribution in [3.8, 4) is 17.2 Å². The van der Waals surface area contributed by atoms with Gasteiger partial charge in [-0.05, 0) is 13.1 Å². The molecule has 118 valence electrons. The molecule has 3 rings (SSSR count). The summed E-state index contributed by atoms with van der Waals surface area (Å²) in [6, 6.07) is 5.76. The predicted molar refractivity (Wildman–Crippen MR) is 80.3 cm³/mol. The van der Waals surface area contributed by atoms with Crippen LogP contribution in [-0.4, -0.2) is 37.4 Å². The molecule has 2 aromatic rings. The van der Waals surface area contributed by atoms with E-state index in [0.717, 1.165) is 34.9 Å². The summed E-state index contributed by atoms with van der Waals surface area (Å²) in [6.07, 6.45) is 2.47. The molecule has 0 amide bonds. The Morgan fingerprint density at radius 1 is 1.18 bits per heavy atom. The lowest BCUT2D eigenvalue weighted by atomic mass is 10.1. The third-order valence-electron chi connectivity index (χ3n) is 3.51. The molecule has 0 aliphatic carbocycles. The van der Waals surface area contributed by atoms with Crippen LogP contribution in [0.3, 0.4) is 0 Å². The second-order valence-corrected chi connectivity index (χ2v) is 5.32. The molecule has 1 aliphatic rings. The number of rotatable bonds is 5. The van der Waals surface area contributed by atoms with Crippen molar-refractivity contribution in [2.75, 3.05) is 27.4 Å². The van der Waals surface area contributed by atoms with E-state index in [0.29, 0.717) is 26.3 Å². The van der Waals surface area contributed by atoms with Gasteiger partial charge in [0.25, 0.3) is 0 Å². The van der Waals surface area contributed by atoms with Crippen molar-refractivity contribution in [1.29, 1.82) is 0 Å². The first-order valence-electron chi connectivity index (χ1n) is 7.30. The van der Waals surface area contributed by atoms with Gasteiger partial charge >= 0.3 is 0 Å². The summed E-state index contributed by atoms with van der Waals surface area (Å²) < 4.78 is 21.8. The number of fused-ring (bicyclic) bond motifs is 1. The van der Waals surface area contributed by atoms with Crippen LogP contribution in [0.1, 0.15) is 17.7 Å². The Bertz CT molecular complexity index is 613. The molecule has 0 N–H and O–H groups in total. The van der Waals surface area contributed by atoms with Gasteiger partial charge in [-0.1, -0.05) is 5.16 Å². The van der Waals surface area contributed by atoms with Crippen LogP contribution in [0.25, 0.3) is 0 Å². The van der Waals surface area contributed by atoms with Crippen molar-refractivity contribution in [3.05, 3.63) is 35.7 Å². The predicted octanol–water partition coefficient (Wildman–Crippen LogP) is 2.48. The van der Waals surface area contributed by atoms with Crippen molar-refractivity contribution < 1.29 is 18.7 Å². The molecule has 22 heavy (non-hydrogen) atoms. The Balaban J connectivity index is 1.78. The van der Waals surface area contributed by atoms with Crippen LogP contribution in [-0.2, 0) is 13.1 Å². The first-order valence-corrected chi connectivity index (χ1v) is 7.30. The number of hydrogen-bond acceptors (Lipinski definition) is 6. The molecule has 0 radical (unpaired) electrons. The standard InChI is InChI=1S/C16H20N2O4/c1-18(11-13-4-7-22-17-13)10-12-8-15-16(9-14(12)19-2)21-6-3-5-20-15/h4,7-9H,3,5-6,10-11H2,1-2H3. The maximum absolute atomic E-state index is 5.75. The topological polar surface area (TPSA) is 57.0 Å². The molecular weight excluding hydrogens is 284 g/mol. The van der Waals surface area contributed by atoms with E-state index in [1.807, 2.05) is 25.2 Å². The molecule has 1 aromatic carbocycles. The summed E-state index contributed by atoms with van der Waals surface area (Å²) in [7, 11) is 3.69. The Morgan fingerprint density at radius 3 is 2.64 bits per heavy atom. The second-order valence-electron chi connectivity index (χ2n) is 5.32. The average Bonchev–Trinajstić information content (AvgIpc) is 2.90. The highest BCUT2D eigenvalue weighted by molar-refractivity contribution is 5.51. The fourth-order valence-electron chi connectivity index (χ4n) is 2.49. The number of benzene rings is 1. The average molecular weight is 304 g/mol. The van der Waals surface area contributed by atoms with Gasteiger partial charge in [-0.2, -0.15) is 0 Å². The molecule has 0 spiro atoms. The van der Waals surface area contributed by atoms with E-state index in [1.165, 1.54) is 0 Å². The van der Waals surface area contributed by atoms with Gasteiger partial charge in [-0.15, -0.1) is 0 Å². The Labute approximate surface area is 129 Å². The first kappa shape index (κ1) is 14.7. The van der Waals surface area contributed by atoms with Crippen LogP contribution in [0.15, 0.2) is 29.0 Å². The van der Waals surface area contributed by atoms with E-state index in [-0.39, 0.29) is 0 Å². The highest BCUT2D eigenvalue weighted by atomic mass is 16.5. The Kier molecular flexibility index (Phi) is 4.48. The van der Waals surface area contributed by atoms with Crippen LogP contribution < -0.4 is 14.2 Å². The normalized spacial score (nSPS) is 14.0. The summed E-state index contributed by atoms with van der Waals surface area (Å²) in [4.78, 5) is 2.14. The third-order valence-corrected chi connectivity index (χ3v) is 3.51. The molecule has 0 saturated carbocycles. The largest absolute Gasteiger partial charge is 0.496 e. The molecule has 0 fully saturated rings. The molecule has 6 heteroatoms. The van der Waals surface area contributed by atoms with Crippen molar-refractivity contribution in [2.45, 2.75) is 19.5 Å². The van der Waals surface area contributed by atoms with E-state index in [2.05, 4.69) is 10.1 Å². The monoisotopic (exact) mass is 304 g/mol. The quantitative estimate of drug-likeness (QED) is 0.846. The number of aromatic nitrogens is 1. The summed E-state index contributed by atoms with van der Waals surface area (Å²) in [5.41, 5.74) is 1.95. The van der Waals surface area contributed by atoms with Gasteiger partial charge in [0, 0.05) is 37.2 Å². The maximum atomic E-state index is 5.75. The number of nitrogens with zero attached hydrogens (tertiary/aromatic N) is 2. The number of methoxy groups -OCH3 is 1. The van der Waals surface area contributed by atoms with Crippen LogP contribution in [0.5, 0.6) is 17.2 Å². The molecule has 0 unspecified atom stereocenters. The van der Waals surface area contributed by atoms with Crippen LogP contribution in [0, 0.1) is 0 Å². The molecule has 0 atom stereocenters. The maximum Gasteiger partial charge on any atom is 0.164 e. The zero-order valence-electron chi connectivity index (χ0n) is 12.9. The van der Waals surface area contributed by atoms with E-state index in [4.69, 9.17) is 18.7 Å². The van der Waals surface area contributed by atoms with Crippen molar-refractivity contribution in [1.82, 2.24) is 10.1 Å². The van der Waals surface area contributed by atoms with Gasteiger partial charge in [-0.25, -0.2) is 0 Å². The molecule has 6 nitrogen and oxygen atoms in total. The number of hydrogen-bond donors (Lipinski definition) is 0. The zero-order chi connectivity index (χ0) is 15.4. The van der Waals surface area contributed by atoms with Crippen molar-refractivity contribution >= 4 is 0 Å². The lowest BCUT2D eigenvalue weighted by Gasteiger charge is -2.19. The summed E-state index contributed by atoms with van der Waals surface area (Å²) in [6.45, 7) is 2.76. The SMILES string of the molecule is COc1cc2c(cc1CN(C)Cc1ccon1)OCCCO2. The molecule has 1 aromatic heterocycles. The highest BCUT2D eigenvalue weighted by Gasteiger charge is 2.16. The smallest absolute Gasteiger partial charge is 0.164 e. The fraction of sp³-hybridized carbons (Fsp3) is 0.438. The fourth-order valence-corrected chi connectivity index (χ4v) is 2.49. The summed E-state index contributed by atoms with van der Waals surface area (Å²) in [5.74, 6) is 2.33. The minimum Gasteiger partial charge on any atom is -0.496 e. The second kappa shape index (κ2) is 6.70. The van der Waals surface area contributed by atoms with Gasteiger partial charge in [0.2, 0.25) is 0 Å². The van der Waals surface area contributed by atoms with Gasteiger partial charge in [-0.3, -0.25) is 4.90 Å². The first-order chi connectivity index (χ1) is 10.8. The van der Waals surface area contributed by atoms with Crippen molar-refractivity contribution in [3.63, 3.8) is 0 Å². The highest BCUT2D eigenvalue weighted by Crippen LogP contribution is 2.36. The van der Waals surface area contributed by atoms with Gasteiger partial charge < -0.3 is 18.7 Å². The molecule has 0 bridgehead atoms. The van der Waals surface area contributed by atoms with E-state index < -0.39 is 0 Å². The Hall–Kier alpha value is -2.21. The van der Waals surface area contributed by atoms with E-state index in [9.17, 15) is 0 Å². The van der Waals surface area contributed by atoms with Gasteiger partial charge in [0.05, 0.1) is 26.0 Å². The molecule has 0 saturated heterocycles. The zero-order valence-corrected chi connectivity index (χ0v) is 12.9. The van der Waals surface area contributed by atoms with Crippen molar-refractivity contribution in [2.24, 2.45) is 0 Å². The lowest BCUT2D eigenvalue weighted by Crippen LogP contribution is -2.18. The molecule has 2 heterocycles. The lowest BCUT2D eigenvalue weighted by molar-refractivity contribution is 0.293. The van der Waals surface area contributed by atoms with Crippen LogP contribution in [0.2, 0.25) is 0 Å². The van der Waals surface area contributed by atoms with Gasteiger partial charge in [0.1, 0.15) is 12.0 Å². The van der Waals surface area contributed by atoms with E-state index >= 15 is 0 Å². The Morgan fingerprint density at radius 2 is 1.95 bits per heavy atom. The van der Waals surface area contributed by atoms with Crippen LogP contribution >= 0.6 is 0 Å². The van der Waals surface area contributed by atoms with Gasteiger partial charge in [0.15, 0.2) is 11.5 Å². The van der Waals surface area contributed by atoms with Crippen LogP contribution in [0.4, 0.5) is 0 Å². The third kappa shape index (κ3) is 3.33. The molecule has 1 aliphatic heterocycles. The summed E-state index contributed by atoms with van der Waals surface area (Å²) >= 11 is 0. The summed E-state index contributed by atoms with van der Waals surface area (Å²) in [5, 5.41) is 3.93. The minimum absolute atomic E-state index is 0.668. The van der Waals surface area contributed by atoms with E-state index in [1.54, 1.807) is 13.4 Å².